The van der Waals surface area contributed by atoms with Crippen molar-refractivity contribution in [2.24, 2.45) is 0 Å². The van der Waals surface area contributed by atoms with Crippen molar-refractivity contribution in [3.8, 4) is 5.69 Å². The van der Waals surface area contributed by atoms with E-state index in [1.165, 1.54) is 21.5 Å². The maximum Gasteiger partial charge on any atom is 0.257 e. The molecule has 1 amide bonds. The molecule has 0 bridgehead atoms. The molecule has 156 valence electrons. The van der Waals surface area contributed by atoms with E-state index in [9.17, 15) is 4.79 Å². The number of anilines is 1. The van der Waals surface area contributed by atoms with E-state index in [1.807, 2.05) is 24.3 Å². The zero-order valence-corrected chi connectivity index (χ0v) is 18.1. The Morgan fingerprint density at radius 1 is 1.16 bits per heavy atom. The summed E-state index contributed by atoms with van der Waals surface area (Å²) in [5, 5.41) is 5.31. The number of fused-ring (bicyclic) bond motifs is 1. The molecule has 0 saturated carbocycles. The molecule has 0 radical (unpaired) electrons. The van der Waals surface area contributed by atoms with Crippen molar-refractivity contribution in [3.63, 3.8) is 0 Å². The number of pyridine rings is 1. The molecule has 2 aromatic carbocycles. The Labute approximate surface area is 185 Å². The molecular formula is C25H23N3O2S. The SMILES string of the molecule is CSc1cc2cc(C3CCCO3)ccc2n1-c1ccc(NC(=O)c2cccnc2)cc1. The van der Waals surface area contributed by atoms with Crippen molar-refractivity contribution in [3.05, 3.63) is 84.2 Å². The van der Waals surface area contributed by atoms with Crippen molar-refractivity contribution < 1.29 is 9.53 Å². The minimum atomic E-state index is -0.168. The van der Waals surface area contributed by atoms with Crippen LogP contribution in [0.2, 0.25) is 0 Å². The van der Waals surface area contributed by atoms with Crippen molar-refractivity contribution in [1.29, 1.82) is 0 Å². The number of thioether (sulfide) groups is 1. The Bertz CT molecular complexity index is 1210. The molecule has 6 heteroatoms. The number of benzene rings is 2. The van der Waals surface area contributed by atoms with Crippen LogP contribution in [-0.2, 0) is 4.74 Å². The molecule has 1 saturated heterocycles. The monoisotopic (exact) mass is 429 g/mol. The predicted molar refractivity (Wildman–Crippen MR) is 125 cm³/mol. The maximum absolute atomic E-state index is 12.4. The largest absolute Gasteiger partial charge is 0.374 e. The lowest BCUT2D eigenvalue weighted by molar-refractivity contribution is 0.102. The van der Waals surface area contributed by atoms with Crippen LogP contribution in [0.1, 0.15) is 34.9 Å². The number of hydrogen-bond donors (Lipinski definition) is 1. The number of rotatable bonds is 5. The van der Waals surface area contributed by atoms with Gasteiger partial charge in [0.2, 0.25) is 0 Å². The third kappa shape index (κ3) is 3.96. The lowest BCUT2D eigenvalue weighted by atomic mass is 10.0. The highest BCUT2D eigenvalue weighted by Gasteiger charge is 2.19. The molecule has 1 atom stereocenters. The highest BCUT2D eigenvalue weighted by molar-refractivity contribution is 7.98. The summed E-state index contributed by atoms with van der Waals surface area (Å²) in [5.41, 5.74) is 4.76. The molecule has 0 aliphatic carbocycles. The van der Waals surface area contributed by atoms with Gasteiger partial charge in [-0.05, 0) is 79.3 Å². The highest BCUT2D eigenvalue weighted by Crippen LogP contribution is 2.35. The summed E-state index contributed by atoms with van der Waals surface area (Å²) >= 11 is 1.72. The van der Waals surface area contributed by atoms with Gasteiger partial charge in [-0.1, -0.05) is 6.07 Å². The van der Waals surface area contributed by atoms with Crippen molar-refractivity contribution in [1.82, 2.24) is 9.55 Å². The first kappa shape index (κ1) is 19.8. The number of ether oxygens (including phenoxy) is 1. The van der Waals surface area contributed by atoms with Crippen LogP contribution in [-0.4, -0.2) is 28.3 Å². The standard InChI is InChI=1S/C25H23N3O2S/c1-31-24-15-19-14-17(23-5-3-13-30-23)6-11-22(19)28(24)21-9-7-20(8-10-21)27-25(29)18-4-2-12-26-16-18/h2,4,6-12,14-16,23H,3,5,13H2,1H3,(H,27,29). The van der Waals surface area contributed by atoms with Gasteiger partial charge in [0.15, 0.2) is 0 Å². The molecule has 5 nitrogen and oxygen atoms in total. The molecule has 0 spiro atoms. The van der Waals surface area contributed by atoms with Crippen LogP contribution in [0.15, 0.2) is 78.1 Å². The molecule has 1 unspecified atom stereocenters. The number of nitrogens with one attached hydrogen (secondary N) is 1. The van der Waals surface area contributed by atoms with Gasteiger partial charge >= 0.3 is 0 Å². The Morgan fingerprint density at radius 2 is 2.03 bits per heavy atom. The highest BCUT2D eigenvalue weighted by atomic mass is 32.2. The molecule has 1 fully saturated rings. The molecule has 31 heavy (non-hydrogen) atoms. The topological polar surface area (TPSA) is 56.1 Å². The number of hydrogen-bond acceptors (Lipinski definition) is 4. The average molecular weight is 430 g/mol. The number of amides is 1. The average Bonchev–Trinajstić information content (AvgIpc) is 3.48. The van der Waals surface area contributed by atoms with Crippen LogP contribution in [0, 0.1) is 0 Å². The van der Waals surface area contributed by atoms with Crippen LogP contribution in [0.3, 0.4) is 0 Å². The first-order valence-corrected chi connectivity index (χ1v) is 11.6. The van der Waals surface area contributed by atoms with E-state index in [4.69, 9.17) is 4.74 Å². The second-order valence-corrected chi connectivity index (χ2v) is 8.41. The van der Waals surface area contributed by atoms with Gasteiger partial charge in [0.1, 0.15) is 0 Å². The summed E-state index contributed by atoms with van der Waals surface area (Å²) in [7, 11) is 0. The normalized spacial score (nSPS) is 16.0. The van der Waals surface area contributed by atoms with Gasteiger partial charge in [0.05, 0.1) is 22.2 Å². The first-order valence-electron chi connectivity index (χ1n) is 10.4. The molecule has 1 aliphatic heterocycles. The van der Waals surface area contributed by atoms with Gasteiger partial charge in [0, 0.05) is 35.8 Å². The van der Waals surface area contributed by atoms with E-state index in [2.05, 4.69) is 45.4 Å². The second-order valence-electron chi connectivity index (χ2n) is 7.58. The third-order valence-corrected chi connectivity index (χ3v) is 6.33. The smallest absolute Gasteiger partial charge is 0.257 e. The maximum atomic E-state index is 12.4. The summed E-state index contributed by atoms with van der Waals surface area (Å²) < 4.78 is 8.12. The van der Waals surface area contributed by atoms with E-state index in [-0.39, 0.29) is 12.0 Å². The summed E-state index contributed by atoms with van der Waals surface area (Å²) in [5.74, 6) is -0.168. The quantitative estimate of drug-likeness (QED) is 0.404. The van der Waals surface area contributed by atoms with Crippen LogP contribution in [0.5, 0.6) is 0 Å². The Kier molecular flexibility index (Phi) is 5.49. The third-order valence-electron chi connectivity index (χ3n) is 5.61. The van der Waals surface area contributed by atoms with Gasteiger partial charge < -0.3 is 14.6 Å². The van der Waals surface area contributed by atoms with Crippen molar-refractivity contribution in [2.45, 2.75) is 24.0 Å². The molecular weight excluding hydrogens is 406 g/mol. The molecule has 5 rings (SSSR count). The fourth-order valence-corrected chi connectivity index (χ4v) is 4.69. The van der Waals surface area contributed by atoms with Gasteiger partial charge in [-0.15, -0.1) is 11.8 Å². The van der Waals surface area contributed by atoms with Gasteiger partial charge in [0.25, 0.3) is 5.91 Å². The van der Waals surface area contributed by atoms with Crippen molar-refractivity contribution >= 4 is 34.3 Å². The van der Waals surface area contributed by atoms with Crippen LogP contribution >= 0.6 is 11.8 Å². The first-order chi connectivity index (χ1) is 15.2. The second kappa shape index (κ2) is 8.57. The van der Waals surface area contributed by atoms with E-state index in [0.717, 1.165) is 30.8 Å². The predicted octanol–water partition coefficient (Wildman–Crippen LogP) is 5.85. The number of carbonyl (C=O) groups excluding carboxylic acids is 1. The van der Waals surface area contributed by atoms with Crippen LogP contribution in [0.4, 0.5) is 5.69 Å². The zero-order chi connectivity index (χ0) is 21.2. The van der Waals surface area contributed by atoms with Crippen LogP contribution in [0.25, 0.3) is 16.6 Å². The molecule has 1 aliphatic rings. The lowest BCUT2D eigenvalue weighted by Crippen LogP contribution is -2.12. The Morgan fingerprint density at radius 3 is 2.74 bits per heavy atom. The summed E-state index contributed by atoms with van der Waals surface area (Å²) in [4.78, 5) is 16.4. The molecule has 2 aromatic heterocycles. The van der Waals surface area contributed by atoms with Gasteiger partial charge in [-0.25, -0.2) is 0 Å². The minimum Gasteiger partial charge on any atom is -0.374 e. The van der Waals surface area contributed by atoms with Crippen molar-refractivity contribution in [2.75, 3.05) is 18.2 Å². The van der Waals surface area contributed by atoms with Crippen LogP contribution < -0.4 is 5.32 Å². The molecule has 3 heterocycles. The van der Waals surface area contributed by atoms with E-state index < -0.39 is 0 Å². The fourth-order valence-electron chi connectivity index (χ4n) is 4.06. The zero-order valence-electron chi connectivity index (χ0n) is 17.2. The lowest BCUT2D eigenvalue weighted by Gasteiger charge is -2.12. The number of nitrogens with zero attached hydrogens (tertiary/aromatic N) is 2. The Hall–Kier alpha value is -3.09. The summed E-state index contributed by atoms with van der Waals surface area (Å²) in [6.45, 7) is 0.851. The van der Waals surface area contributed by atoms with E-state index in [0.29, 0.717) is 5.56 Å². The van der Waals surface area contributed by atoms with E-state index >= 15 is 0 Å². The van der Waals surface area contributed by atoms with Gasteiger partial charge in [-0.2, -0.15) is 0 Å². The van der Waals surface area contributed by atoms with Gasteiger partial charge in [-0.3, -0.25) is 9.78 Å². The summed E-state index contributed by atoms with van der Waals surface area (Å²) in [6.07, 6.45) is 7.74. The Balaban J connectivity index is 1.43. The fraction of sp³-hybridized carbons (Fsp3) is 0.200. The van der Waals surface area contributed by atoms with E-state index in [1.54, 1.807) is 36.3 Å². The minimum absolute atomic E-state index is 0.168. The molecule has 1 N–H and O–H groups in total. The number of aromatic nitrogens is 2. The number of carbonyl (C=O) groups is 1. The summed E-state index contributed by atoms with van der Waals surface area (Å²) in [6, 6.07) is 20.3. The molecule has 4 aromatic rings.